The predicted molar refractivity (Wildman–Crippen MR) is 84.4 cm³/mol. The van der Waals surface area contributed by atoms with Gasteiger partial charge in [0.2, 0.25) is 0 Å². The molecule has 4 aliphatic carbocycles. The highest BCUT2D eigenvalue weighted by Crippen LogP contribution is 2.66. The zero-order valence-electron chi connectivity index (χ0n) is 13.6. The average molecular weight is 275 g/mol. The highest BCUT2D eigenvalue weighted by Gasteiger charge is 2.62. The van der Waals surface area contributed by atoms with Gasteiger partial charge >= 0.3 is 0 Å². The third-order valence-corrected chi connectivity index (χ3v) is 8.72. The van der Waals surface area contributed by atoms with Crippen molar-refractivity contribution in [1.82, 2.24) is 0 Å². The van der Waals surface area contributed by atoms with Crippen molar-refractivity contribution >= 4 is 0 Å². The van der Waals surface area contributed by atoms with Crippen LogP contribution in [0, 0.1) is 28.6 Å². The molecular formula is C19H33N. The van der Waals surface area contributed by atoms with Gasteiger partial charge in [-0.15, -0.1) is 0 Å². The number of fused-ring (bicyclic) bond motifs is 5. The topological polar surface area (TPSA) is 26.0 Å². The summed E-state index contributed by atoms with van der Waals surface area (Å²) in [7, 11) is 0. The van der Waals surface area contributed by atoms with Gasteiger partial charge in [-0.05, 0) is 80.0 Å². The van der Waals surface area contributed by atoms with Crippen molar-refractivity contribution in [2.45, 2.75) is 90.0 Å². The average Bonchev–Trinajstić information content (AvgIpc) is 2.74. The lowest BCUT2D eigenvalue weighted by molar-refractivity contribution is -0.114. The summed E-state index contributed by atoms with van der Waals surface area (Å²) in [6.07, 6.45) is 15.9. The third-order valence-electron chi connectivity index (χ3n) is 8.72. The second-order valence-corrected chi connectivity index (χ2v) is 9.23. The minimum Gasteiger partial charge on any atom is -0.324 e. The van der Waals surface area contributed by atoms with Crippen LogP contribution in [-0.2, 0) is 0 Å². The number of hydrogen-bond acceptors (Lipinski definition) is 1. The van der Waals surface area contributed by atoms with Gasteiger partial charge in [0.1, 0.15) is 0 Å². The van der Waals surface area contributed by atoms with E-state index in [1.807, 2.05) is 0 Å². The van der Waals surface area contributed by atoms with Crippen LogP contribution in [0.15, 0.2) is 0 Å². The summed E-state index contributed by atoms with van der Waals surface area (Å²) in [4.78, 5) is 0. The first-order valence-electron chi connectivity index (χ1n) is 9.29. The number of rotatable bonds is 0. The first-order valence-corrected chi connectivity index (χ1v) is 9.29. The Bertz CT molecular complexity index is 405. The molecule has 20 heavy (non-hydrogen) atoms. The minimum atomic E-state index is 0.182. The molecule has 0 amide bonds. The van der Waals surface area contributed by atoms with Crippen LogP contribution >= 0.6 is 0 Å². The van der Waals surface area contributed by atoms with Crippen molar-refractivity contribution in [1.29, 1.82) is 0 Å². The van der Waals surface area contributed by atoms with E-state index < -0.39 is 0 Å². The molecule has 0 spiro atoms. The molecule has 6 atom stereocenters. The zero-order chi connectivity index (χ0) is 14.0. The largest absolute Gasteiger partial charge is 0.324 e. The molecule has 0 aromatic heterocycles. The standard InChI is InChI=1S/C19H33N/c1-17-10-5-12-19(17,20)16-8-7-14-6-3-4-11-18(14,2)15(16)9-13-17/h14-16H,3-13,20H2,1-2H3/t14?,15-,16-,17+,18+,19-/m1/s1. The van der Waals surface area contributed by atoms with Crippen molar-refractivity contribution in [2.24, 2.45) is 34.3 Å². The molecule has 114 valence electrons. The molecule has 2 N–H and O–H groups in total. The Labute approximate surface area is 125 Å². The van der Waals surface area contributed by atoms with E-state index in [4.69, 9.17) is 5.73 Å². The molecule has 4 rings (SSSR count). The fourth-order valence-corrected chi connectivity index (χ4v) is 7.35. The van der Waals surface area contributed by atoms with Crippen molar-refractivity contribution in [3.63, 3.8) is 0 Å². The van der Waals surface area contributed by atoms with E-state index in [1.165, 1.54) is 70.6 Å². The Morgan fingerprint density at radius 1 is 0.750 bits per heavy atom. The van der Waals surface area contributed by atoms with E-state index in [0.717, 1.165) is 17.8 Å². The van der Waals surface area contributed by atoms with Crippen LogP contribution < -0.4 is 5.73 Å². The van der Waals surface area contributed by atoms with Gasteiger partial charge in [0, 0.05) is 5.54 Å². The summed E-state index contributed by atoms with van der Waals surface area (Å²) in [5, 5.41) is 0. The maximum Gasteiger partial charge on any atom is 0.0240 e. The summed E-state index contributed by atoms with van der Waals surface area (Å²) < 4.78 is 0. The van der Waals surface area contributed by atoms with Crippen LogP contribution in [0.1, 0.15) is 84.5 Å². The summed E-state index contributed by atoms with van der Waals surface area (Å²) >= 11 is 0. The second-order valence-electron chi connectivity index (χ2n) is 9.23. The van der Waals surface area contributed by atoms with Crippen molar-refractivity contribution in [3.8, 4) is 0 Å². The second kappa shape index (κ2) is 4.24. The Hall–Kier alpha value is -0.0400. The van der Waals surface area contributed by atoms with Gasteiger partial charge in [0.25, 0.3) is 0 Å². The van der Waals surface area contributed by atoms with Crippen molar-refractivity contribution in [3.05, 3.63) is 0 Å². The lowest BCUT2D eigenvalue weighted by Crippen LogP contribution is -2.65. The van der Waals surface area contributed by atoms with Gasteiger partial charge in [0.05, 0.1) is 0 Å². The van der Waals surface area contributed by atoms with Gasteiger partial charge < -0.3 is 5.73 Å². The highest BCUT2D eigenvalue weighted by atomic mass is 14.9. The lowest BCUT2D eigenvalue weighted by atomic mass is 9.43. The molecule has 0 aromatic rings. The molecule has 0 heterocycles. The van der Waals surface area contributed by atoms with Gasteiger partial charge in [-0.25, -0.2) is 0 Å². The van der Waals surface area contributed by atoms with E-state index in [9.17, 15) is 0 Å². The Morgan fingerprint density at radius 3 is 2.45 bits per heavy atom. The van der Waals surface area contributed by atoms with Crippen molar-refractivity contribution < 1.29 is 0 Å². The zero-order valence-corrected chi connectivity index (χ0v) is 13.6. The predicted octanol–water partition coefficient (Wildman–Crippen LogP) is 4.89. The fourth-order valence-electron chi connectivity index (χ4n) is 7.35. The summed E-state index contributed by atoms with van der Waals surface area (Å²) in [6.45, 7) is 5.17. The number of hydrogen-bond donors (Lipinski definition) is 1. The molecule has 0 radical (unpaired) electrons. The molecule has 1 unspecified atom stereocenters. The maximum absolute atomic E-state index is 7.13. The van der Waals surface area contributed by atoms with Crippen molar-refractivity contribution in [2.75, 3.05) is 0 Å². The first kappa shape index (κ1) is 13.6. The monoisotopic (exact) mass is 275 g/mol. The van der Waals surface area contributed by atoms with Gasteiger partial charge in [-0.2, -0.15) is 0 Å². The molecule has 1 nitrogen and oxygen atoms in total. The SMILES string of the molecule is C[C@@]12CCC[C@@]1(N)[C@@H]1CCC3CCCC[C@]3(C)[C@@H]1CC2. The minimum absolute atomic E-state index is 0.182. The van der Waals surface area contributed by atoms with Crippen LogP contribution in [0.4, 0.5) is 0 Å². The van der Waals surface area contributed by atoms with E-state index in [-0.39, 0.29) is 5.54 Å². The number of nitrogens with two attached hydrogens (primary N) is 1. The molecule has 0 bridgehead atoms. The van der Waals surface area contributed by atoms with Crippen LogP contribution in [0.5, 0.6) is 0 Å². The Kier molecular flexibility index (Phi) is 2.89. The van der Waals surface area contributed by atoms with Gasteiger partial charge in [-0.1, -0.05) is 33.1 Å². The van der Waals surface area contributed by atoms with Gasteiger partial charge in [-0.3, -0.25) is 0 Å². The van der Waals surface area contributed by atoms with E-state index >= 15 is 0 Å². The normalized spacial score (nSPS) is 58.6. The Morgan fingerprint density at radius 2 is 1.60 bits per heavy atom. The smallest absolute Gasteiger partial charge is 0.0240 e. The summed E-state index contributed by atoms with van der Waals surface area (Å²) in [5.41, 5.74) is 8.42. The van der Waals surface area contributed by atoms with Crippen LogP contribution in [0.25, 0.3) is 0 Å². The van der Waals surface area contributed by atoms with Crippen LogP contribution in [0.3, 0.4) is 0 Å². The highest BCUT2D eigenvalue weighted by molar-refractivity contribution is 5.16. The summed E-state index contributed by atoms with van der Waals surface area (Å²) in [5.74, 6) is 2.80. The van der Waals surface area contributed by atoms with E-state index in [0.29, 0.717) is 10.8 Å². The maximum atomic E-state index is 7.13. The first-order chi connectivity index (χ1) is 9.50. The Balaban J connectivity index is 1.70. The third kappa shape index (κ3) is 1.54. The van der Waals surface area contributed by atoms with E-state index in [1.54, 1.807) is 0 Å². The van der Waals surface area contributed by atoms with Crippen LogP contribution in [0.2, 0.25) is 0 Å². The molecule has 1 heteroatoms. The molecule has 4 saturated carbocycles. The van der Waals surface area contributed by atoms with E-state index in [2.05, 4.69) is 13.8 Å². The quantitative estimate of drug-likeness (QED) is 0.669. The van der Waals surface area contributed by atoms with Gasteiger partial charge in [0.15, 0.2) is 0 Å². The molecule has 4 fully saturated rings. The molecule has 0 aromatic carbocycles. The summed E-state index contributed by atoms with van der Waals surface area (Å²) in [6, 6.07) is 0. The molecule has 0 saturated heterocycles. The lowest BCUT2D eigenvalue weighted by Gasteiger charge is -2.63. The molecular weight excluding hydrogens is 242 g/mol. The van der Waals surface area contributed by atoms with Crippen LogP contribution in [-0.4, -0.2) is 5.54 Å². The fraction of sp³-hybridized carbons (Fsp3) is 1.00. The molecule has 0 aliphatic heterocycles. The molecule has 4 aliphatic rings.